The van der Waals surface area contributed by atoms with E-state index in [-0.39, 0.29) is 24.5 Å². The van der Waals surface area contributed by atoms with Gasteiger partial charge in [-0.1, -0.05) is 22.5 Å². The minimum Gasteiger partial charge on any atom is -0.543 e. The van der Waals surface area contributed by atoms with Gasteiger partial charge in [-0.25, -0.2) is 0 Å². The molecule has 2 aromatic heterocycles. The van der Waals surface area contributed by atoms with Crippen molar-refractivity contribution in [3.8, 4) is 0 Å². The lowest BCUT2D eigenvalue weighted by atomic mass is 10.3. The van der Waals surface area contributed by atoms with Crippen molar-refractivity contribution >= 4 is 46.0 Å². The van der Waals surface area contributed by atoms with Gasteiger partial charge >= 0.3 is 0 Å². The number of carboxylic acids is 2. The fraction of sp³-hybridized carbons (Fsp3) is 0.222. The molecule has 170 valence electrons. The van der Waals surface area contributed by atoms with Crippen molar-refractivity contribution in [1.82, 2.24) is 9.13 Å². The molecule has 2 heterocycles. The number of carbonyl (C=O) groups excluding carboxylic acids is 2. The van der Waals surface area contributed by atoms with Crippen molar-refractivity contribution in [2.24, 2.45) is 20.5 Å². The van der Waals surface area contributed by atoms with Gasteiger partial charge in [0.15, 0.2) is 0 Å². The Morgan fingerprint density at radius 3 is 1.56 bits per heavy atom. The van der Waals surface area contributed by atoms with Gasteiger partial charge in [-0.3, -0.25) is 0 Å². The zero-order valence-corrected chi connectivity index (χ0v) is 18.7. The van der Waals surface area contributed by atoms with Gasteiger partial charge in [0.05, 0.1) is 23.3 Å². The van der Waals surface area contributed by atoms with E-state index in [0.717, 1.165) is 22.7 Å². The number of hydrogen-bond donors (Lipinski definition) is 0. The molecule has 2 rings (SSSR count). The topological polar surface area (TPSA) is 158 Å². The minimum atomic E-state index is -1.52. The maximum atomic E-state index is 11.4. The predicted octanol–water partition coefficient (Wildman–Crippen LogP) is -1.60. The van der Waals surface area contributed by atoms with E-state index in [1.165, 1.54) is 34.1 Å². The number of carboxylic acid groups (broad SMARTS) is 2. The first-order valence-corrected chi connectivity index (χ1v) is 10.5. The molecule has 0 radical (unpaired) electrons. The van der Waals surface area contributed by atoms with Gasteiger partial charge in [-0.05, 0) is 0 Å². The number of aliphatic carboxylic acids is 2. The van der Waals surface area contributed by atoms with Crippen LogP contribution in [0.4, 0.5) is 0 Å². The van der Waals surface area contributed by atoms with Crippen LogP contribution in [-0.2, 0) is 32.4 Å². The van der Waals surface area contributed by atoms with E-state index in [1.54, 1.807) is 12.2 Å². The Labute approximate surface area is 189 Å². The molecule has 0 N–H and O–H groups in total. The van der Waals surface area contributed by atoms with Crippen molar-refractivity contribution in [2.75, 3.05) is 14.2 Å². The molecule has 0 amide bonds. The molecule has 0 aliphatic heterocycles. The molecule has 12 nitrogen and oxygen atoms in total. The molecular weight excluding hydrogens is 460 g/mol. The number of aromatic nitrogens is 2. The van der Waals surface area contributed by atoms with Crippen LogP contribution in [0, 0.1) is 0 Å². The van der Waals surface area contributed by atoms with Gasteiger partial charge < -0.3 is 38.6 Å². The largest absolute Gasteiger partial charge is 0.543 e. The summed E-state index contributed by atoms with van der Waals surface area (Å²) in [5, 5.41) is 41.3. The third-order valence-electron chi connectivity index (χ3n) is 3.68. The molecule has 0 saturated carbocycles. The molecule has 0 atom stereocenters. The fourth-order valence-corrected chi connectivity index (χ4v) is 4.14. The van der Waals surface area contributed by atoms with E-state index in [1.807, 2.05) is 0 Å². The van der Waals surface area contributed by atoms with Crippen LogP contribution in [-0.4, -0.2) is 46.7 Å². The molecule has 2 aromatic rings. The van der Waals surface area contributed by atoms with E-state index >= 15 is 0 Å². The monoisotopic (exact) mass is 478 g/mol. The lowest BCUT2D eigenvalue weighted by molar-refractivity contribution is -0.295. The highest BCUT2D eigenvalue weighted by atomic mass is 32.1. The van der Waals surface area contributed by atoms with Gasteiger partial charge in [0.2, 0.25) is 9.60 Å². The van der Waals surface area contributed by atoms with E-state index < -0.39 is 23.4 Å². The van der Waals surface area contributed by atoms with Crippen LogP contribution in [0.15, 0.2) is 56.6 Å². The summed E-state index contributed by atoms with van der Waals surface area (Å²) in [5.74, 6) is -3.05. The van der Waals surface area contributed by atoms with Gasteiger partial charge in [-0.15, -0.1) is 46.0 Å². The van der Waals surface area contributed by atoms with Crippen molar-refractivity contribution in [1.29, 1.82) is 0 Å². The van der Waals surface area contributed by atoms with E-state index in [9.17, 15) is 19.8 Å². The molecular formula is C18H18N6O6S2-2. The van der Waals surface area contributed by atoms with E-state index in [0.29, 0.717) is 9.60 Å². The van der Waals surface area contributed by atoms with Crippen LogP contribution in [0.25, 0.3) is 0 Å². The summed E-state index contributed by atoms with van der Waals surface area (Å²) in [6.45, 7) is 7.74. The first kappa shape index (κ1) is 24.5. The van der Waals surface area contributed by atoms with Crippen LogP contribution < -0.4 is 19.8 Å². The Hall–Kier alpha value is -3.78. The first-order valence-electron chi connectivity index (χ1n) is 8.71. The van der Waals surface area contributed by atoms with Crippen LogP contribution in [0.5, 0.6) is 0 Å². The summed E-state index contributed by atoms with van der Waals surface area (Å²) in [5.41, 5.74) is -0.436. The third-order valence-corrected chi connectivity index (χ3v) is 5.38. The average Bonchev–Trinajstić information content (AvgIpc) is 3.33. The number of oxime groups is 2. The Balaban J connectivity index is 2.70. The van der Waals surface area contributed by atoms with Crippen molar-refractivity contribution in [3.63, 3.8) is 0 Å². The lowest BCUT2D eigenvalue weighted by Gasteiger charge is -2.09. The highest BCUT2D eigenvalue weighted by Gasteiger charge is 2.15. The van der Waals surface area contributed by atoms with Crippen molar-refractivity contribution < 1.29 is 29.5 Å². The molecule has 14 heteroatoms. The summed E-state index contributed by atoms with van der Waals surface area (Å²) in [6.07, 6.45) is 3.09. The van der Waals surface area contributed by atoms with Crippen molar-refractivity contribution in [3.05, 3.63) is 57.1 Å². The Morgan fingerprint density at radius 1 is 0.906 bits per heavy atom. The molecule has 0 saturated heterocycles. The summed E-state index contributed by atoms with van der Waals surface area (Å²) in [6, 6.07) is 0. The summed E-state index contributed by atoms with van der Waals surface area (Å²) in [7, 11) is 2.43. The van der Waals surface area contributed by atoms with Gasteiger partial charge in [0.25, 0.3) is 0 Å². The van der Waals surface area contributed by atoms with E-state index in [2.05, 4.69) is 43.3 Å². The number of rotatable bonds is 11. The Bertz CT molecular complexity index is 1120. The minimum absolute atomic E-state index is 0.197. The van der Waals surface area contributed by atoms with Crippen LogP contribution >= 0.6 is 22.7 Å². The van der Waals surface area contributed by atoms with Crippen LogP contribution in [0.2, 0.25) is 0 Å². The molecule has 0 bridgehead atoms. The van der Waals surface area contributed by atoms with Crippen LogP contribution in [0.1, 0.15) is 11.4 Å². The molecule has 0 aromatic carbocycles. The zero-order chi connectivity index (χ0) is 23.7. The molecule has 0 aliphatic rings. The summed E-state index contributed by atoms with van der Waals surface area (Å²) < 4.78 is 3.03. The number of thiazole rings is 2. The second-order valence-electron chi connectivity index (χ2n) is 5.63. The van der Waals surface area contributed by atoms with Crippen LogP contribution in [0.3, 0.4) is 0 Å². The maximum absolute atomic E-state index is 11.4. The number of hydrogen-bond acceptors (Lipinski definition) is 12. The highest BCUT2D eigenvalue weighted by Crippen LogP contribution is 2.07. The second-order valence-corrected chi connectivity index (χ2v) is 7.30. The molecule has 0 spiro atoms. The molecule has 0 fully saturated rings. The lowest BCUT2D eigenvalue weighted by Crippen LogP contribution is -2.35. The SMILES string of the molecule is C=CCn1c(/C(=N\OC)C(=O)[O-])csc1=NN=c1scc(/C(=N\OC)C(=O)[O-])n1CC=C. The van der Waals surface area contributed by atoms with Gasteiger partial charge in [-0.2, -0.15) is 0 Å². The fourth-order valence-electron chi connectivity index (χ4n) is 2.46. The maximum Gasteiger partial charge on any atom is 0.211 e. The normalized spacial score (nSPS) is 13.2. The highest BCUT2D eigenvalue weighted by molar-refractivity contribution is 7.07. The van der Waals surface area contributed by atoms with E-state index in [4.69, 9.17) is 0 Å². The number of nitrogens with zero attached hydrogens (tertiary/aromatic N) is 6. The van der Waals surface area contributed by atoms with Gasteiger partial charge in [0.1, 0.15) is 25.6 Å². The number of allylic oxidation sites excluding steroid dienone is 2. The standard InChI is InChI=1S/C18H20N6O6S2/c1-5-7-23-11(13(15(25)26)21-29-3)9-31-17(23)19-20-18-24(8-6-2)12(10-32-18)14(16(27)28)22-30-4/h5-6,9-10H,1-2,7-8H2,3-4H3,(H,25,26)(H,27,28)/p-2/b19-17?,20-18?,21-13+,22-14+. The Morgan fingerprint density at radius 2 is 1.28 bits per heavy atom. The average molecular weight is 479 g/mol. The zero-order valence-electron chi connectivity index (χ0n) is 17.1. The number of carbonyl (C=O) groups is 2. The van der Waals surface area contributed by atoms with Crippen molar-refractivity contribution in [2.45, 2.75) is 13.1 Å². The first-order chi connectivity index (χ1) is 15.4. The molecule has 0 aliphatic carbocycles. The molecule has 32 heavy (non-hydrogen) atoms. The van der Waals surface area contributed by atoms with Gasteiger partial charge in [0, 0.05) is 23.8 Å². The smallest absolute Gasteiger partial charge is 0.211 e. The third kappa shape index (κ3) is 5.47. The quantitative estimate of drug-likeness (QED) is 0.215. The Kier molecular flexibility index (Phi) is 8.85. The predicted molar refractivity (Wildman–Crippen MR) is 113 cm³/mol. The summed E-state index contributed by atoms with van der Waals surface area (Å²) >= 11 is 2.21. The second kappa shape index (κ2) is 11.6. The summed E-state index contributed by atoms with van der Waals surface area (Å²) in [4.78, 5) is 32.7. The molecule has 0 unspecified atom stereocenters.